The predicted molar refractivity (Wildman–Crippen MR) is 161 cm³/mol. The Balaban J connectivity index is 0.00000232. The molecule has 0 amide bonds. The number of carbonyl (C=O) groups is 2. The molecule has 0 atom stereocenters. The minimum atomic E-state index is -3.79. The lowest BCUT2D eigenvalue weighted by atomic mass is 10.1. The van der Waals surface area contributed by atoms with E-state index in [9.17, 15) is 27.2 Å². The van der Waals surface area contributed by atoms with Gasteiger partial charge in [0, 0.05) is 11.1 Å². The van der Waals surface area contributed by atoms with Crippen LogP contribution in [0, 0.1) is 0 Å². The maximum Gasteiger partial charge on any atom is 0.426 e. The number of ether oxygens (including phenoxy) is 4. The summed E-state index contributed by atoms with van der Waals surface area (Å²) < 4.78 is 79.2. The van der Waals surface area contributed by atoms with Gasteiger partial charge in [0.2, 0.25) is 0 Å². The molecule has 0 aromatic heterocycles. The van der Waals surface area contributed by atoms with Gasteiger partial charge in [-0.1, -0.05) is 47.8 Å². The molecular formula is C34H38F4O6. The van der Waals surface area contributed by atoms with Crippen molar-refractivity contribution in [1.82, 2.24) is 0 Å². The molecule has 0 N–H and O–H groups in total. The van der Waals surface area contributed by atoms with Crippen LogP contribution in [-0.4, -0.2) is 11.9 Å². The fraction of sp³-hybridized carbons (Fsp3) is 0.294. The first kappa shape index (κ1) is 37.4. The maximum absolute atomic E-state index is 14.9. The molecule has 0 spiro atoms. The minimum absolute atomic E-state index is 0.0470. The van der Waals surface area contributed by atoms with Crippen LogP contribution in [0.15, 0.2) is 91.0 Å². The molecule has 0 saturated carbocycles. The van der Waals surface area contributed by atoms with Crippen molar-refractivity contribution in [2.75, 3.05) is 0 Å². The summed E-state index contributed by atoms with van der Waals surface area (Å²) in [6.45, 7) is 19.4. The van der Waals surface area contributed by atoms with Crippen molar-refractivity contribution >= 4 is 11.9 Å². The Bertz CT molecular complexity index is 1410. The lowest BCUT2D eigenvalue weighted by Gasteiger charge is -2.22. The fourth-order valence-corrected chi connectivity index (χ4v) is 3.22. The number of hydrogen-bond acceptors (Lipinski definition) is 6. The first-order valence-electron chi connectivity index (χ1n) is 13.9. The summed E-state index contributed by atoms with van der Waals surface area (Å²) in [6.07, 6.45) is -7.40. The van der Waals surface area contributed by atoms with E-state index in [1.165, 1.54) is 44.2 Å². The van der Waals surface area contributed by atoms with Gasteiger partial charge in [-0.05, 0) is 92.6 Å². The van der Waals surface area contributed by atoms with Crippen LogP contribution in [0.2, 0.25) is 0 Å². The highest BCUT2D eigenvalue weighted by atomic mass is 19.3. The lowest BCUT2D eigenvalue weighted by Crippen LogP contribution is -2.23. The third kappa shape index (κ3) is 10.6. The van der Waals surface area contributed by atoms with Crippen molar-refractivity contribution in [3.63, 3.8) is 0 Å². The molecule has 0 radical (unpaired) electrons. The third-order valence-corrected chi connectivity index (χ3v) is 5.40. The Morgan fingerprint density at radius 2 is 1.00 bits per heavy atom. The summed E-state index contributed by atoms with van der Waals surface area (Å²) in [7, 11) is 0. The van der Waals surface area contributed by atoms with E-state index in [-0.39, 0.29) is 46.1 Å². The fourth-order valence-electron chi connectivity index (χ4n) is 3.22. The third-order valence-electron chi connectivity index (χ3n) is 5.40. The standard InChI is InChI=1S/C30H26F4O6.2C2H6/c1-6-20-17-25(39-29(31,32)21-7-11-23(12-8-21)37-27(35)18(2)3)15-16-26(20)40-30(33,34)22-9-13-24(14-10-22)38-28(36)19(4)5;2*1-2/h7-17H,2,4,6H2,1,3,5H3;2*1-2H3. The molecule has 238 valence electrons. The highest BCUT2D eigenvalue weighted by molar-refractivity contribution is 5.89. The van der Waals surface area contributed by atoms with Gasteiger partial charge in [-0.3, -0.25) is 0 Å². The van der Waals surface area contributed by atoms with Crippen molar-refractivity contribution in [3.05, 3.63) is 108 Å². The molecular weight excluding hydrogens is 580 g/mol. The minimum Gasteiger partial charge on any atom is -0.429 e. The van der Waals surface area contributed by atoms with Crippen LogP contribution in [-0.2, 0) is 28.2 Å². The molecule has 3 aromatic rings. The highest BCUT2D eigenvalue weighted by Gasteiger charge is 2.37. The van der Waals surface area contributed by atoms with E-state index in [1.54, 1.807) is 6.92 Å². The average Bonchev–Trinajstić information content (AvgIpc) is 3.00. The molecule has 0 aliphatic carbocycles. The Morgan fingerprint density at radius 3 is 1.36 bits per heavy atom. The molecule has 3 rings (SSSR count). The summed E-state index contributed by atoms with van der Waals surface area (Å²) in [5.74, 6) is -1.81. The second-order valence-corrected chi connectivity index (χ2v) is 8.75. The molecule has 0 fully saturated rings. The van der Waals surface area contributed by atoms with Gasteiger partial charge in [-0.15, -0.1) is 0 Å². The van der Waals surface area contributed by atoms with Crippen LogP contribution in [0.3, 0.4) is 0 Å². The molecule has 6 nitrogen and oxygen atoms in total. The Morgan fingerprint density at radius 1 is 0.636 bits per heavy atom. The van der Waals surface area contributed by atoms with Gasteiger partial charge in [0.1, 0.15) is 23.0 Å². The van der Waals surface area contributed by atoms with Gasteiger partial charge in [-0.25, -0.2) is 9.59 Å². The van der Waals surface area contributed by atoms with Crippen molar-refractivity contribution in [2.24, 2.45) is 0 Å². The Hall–Kier alpha value is -4.60. The van der Waals surface area contributed by atoms with Crippen LogP contribution < -0.4 is 18.9 Å². The summed E-state index contributed by atoms with van der Waals surface area (Å²) in [4.78, 5) is 23.2. The van der Waals surface area contributed by atoms with Gasteiger partial charge < -0.3 is 18.9 Å². The van der Waals surface area contributed by atoms with Gasteiger partial charge in [-0.2, -0.15) is 17.6 Å². The van der Waals surface area contributed by atoms with E-state index in [0.717, 1.165) is 36.4 Å². The molecule has 0 bridgehead atoms. The van der Waals surface area contributed by atoms with E-state index in [1.807, 2.05) is 27.7 Å². The number of aryl methyl sites for hydroxylation is 1. The summed E-state index contributed by atoms with van der Waals surface area (Å²) in [6, 6.07) is 12.3. The lowest BCUT2D eigenvalue weighted by molar-refractivity contribution is -0.188. The topological polar surface area (TPSA) is 71.1 Å². The van der Waals surface area contributed by atoms with Gasteiger partial charge >= 0.3 is 24.2 Å². The van der Waals surface area contributed by atoms with Crippen LogP contribution in [0.4, 0.5) is 17.6 Å². The van der Waals surface area contributed by atoms with Crippen molar-refractivity contribution in [1.29, 1.82) is 0 Å². The number of rotatable bonds is 11. The normalized spacial score (nSPS) is 10.6. The van der Waals surface area contributed by atoms with E-state index in [0.29, 0.717) is 0 Å². The maximum atomic E-state index is 14.9. The van der Waals surface area contributed by atoms with E-state index >= 15 is 0 Å². The molecule has 0 aliphatic heterocycles. The molecule has 0 saturated heterocycles. The summed E-state index contributed by atoms with van der Waals surface area (Å²) in [5, 5.41) is 0. The molecule has 10 heteroatoms. The smallest absolute Gasteiger partial charge is 0.426 e. The highest BCUT2D eigenvalue weighted by Crippen LogP contribution is 2.38. The number of alkyl halides is 4. The number of esters is 2. The zero-order chi connectivity index (χ0) is 33.7. The van der Waals surface area contributed by atoms with Crippen LogP contribution in [0.25, 0.3) is 0 Å². The van der Waals surface area contributed by atoms with Crippen molar-refractivity contribution < 1.29 is 46.1 Å². The Kier molecular flexibility index (Phi) is 14.4. The summed E-state index contributed by atoms with van der Waals surface area (Å²) in [5.41, 5.74) is -0.551. The van der Waals surface area contributed by atoms with E-state index < -0.39 is 35.3 Å². The molecule has 0 heterocycles. The molecule has 3 aromatic carbocycles. The van der Waals surface area contributed by atoms with Gasteiger partial charge in [0.05, 0.1) is 11.1 Å². The summed E-state index contributed by atoms with van der Waals surface area (Å²) >= 11 is 0. The average molecular weight is 619 g/mol. The Labute approximate surface area is 255 Å². The van der Waals surface area contributed by atoms with E-state index in [4.69, 9.17) is 18.9 Å². The largest absolute Gasteiger partial charge is 0.429 e. The first-order chi connectivity index (χ1) is 20.7. The van der Waals surface area contributed by atoms with Gasteiger partial charge in [0.15, 0.2) is 0 Å². The van der Waals surface area contributed by atoms with E-state index in [2.05, 4.69) is 13.2 Å². The monoisotopic (exact) mass is 618 g/mol. The number of hydrogen-bond donors (Lipinski definition) is 0. The number of carbonyl (C=O) groups excluding carboxylic acids is 2. The number of benzene rings is 3. The zero-order valence-electron chi connectivity index (χ0n) is 25.9. The van der Waals surface area contributed by atoms with Gasteiger partial charge in [0.25, 0.3) is 0 Å². The van der Waals surface area contributed by atoms with Crippen LogP contribution in [0.5, 0.6) is 23.0 Å². The zero-order valence-corrected chi connectivity index (χ0v) is 25.9. The molecule has 0 unspecified atom stereocenters. The number of halogens is 4. The second kappa shape index (κ2) is 16.9. The second-order valence-electron chi connectivity index (χ2n) is 8.75. The van der Waals surface area contributed by atoms with Crippen LogP contribution in [0.1, 0.15) is 65.2 Å². The quantitative estimate of drug-likeness (QED) is 0.0923. The van der Waals surface area contributed by atoms with Crippen LogP contribution >= 0.6 is 0 Å². The van der Waals surface area contributed by atoms with Crippen molar-refractivity contribution in [2.45, 2.75) is 67.1 Å². The first-order valence-corrected chi connectivity index (χ1v) is 13.9. The molecule has 44 heavy (non-hydrogen) atoms. The predicted octanol–water partition coefficient (Wildman–Crippen LogP) is 9.52. The van der Waals surface area contributed by atoms with Crippen molar-refractivity contribution in [3.8, 4) is 23.0 Å². The SMILES string of the molecule is C=C(C)C(=O)Oc1ccc(C(F)(F)Oc2ccc(OC(F)(F)c3ccc(OC(=O)C(=C)C)cc3)c(CC)c2)cc1.CC.CC. The molecule has 0 aliphatic rings.